The van der Waals surface area contributed by atoms with Gasteiger partial charge in [-0.1, -0.05) is 19.8 Å². The van der Waals surface area contributed by atoms with Crippen molar-refractivity contribution >= 4 is 0 Å². The van der Waals surface area contributed by atoms with Gasteiger partial charge in [0, 0.05) is 0 Å². The molecule has 0 saturated carbocycles. The molecular weight excluding hydrogens is 244 g/mol. The topological polar surface area (TPSA) is 23.1 Å². The second-order valence-corrected chi connectivity index (χ2v) is 3.06. The molecule has 0 amide bonds. The minimum absolute atomic E-state index is 0. The Balaban J connectivity index is -0.000000163. The number of rotatable bonds is 2. The fraction of sp³-hybridized carbons (Fsp3) is 0.400. The van der Waals surface area contributed by atoms with E-state index in [1.165, 1.54) is 0 Å². The SMILES string of the molecule is CCCC[O-].[C-]1=CC=CC1.[C-]1=CC=CC1.[CH3-].[Ti+4]. The van der Waals surface area contributed by atoms with Gasteiger partial charge in [0.05, 0.1) is 0 Å². The van der Waals surface area contributed by atoms with Crippen molar-refractivity contribution < 1.29 is 26.8 Å². The van der Waals surface area contributed by atoms with E-state index < -0.39 is 0 Å². The minimum atomic E-state index is 0. The van der Waals surface area contributed by atoms with Crippen LogP contribution in [0.5, 0.6) is 0 Å². The van der Waals surface area contributed by atoms with Crippen LogP contribution in [0.25, 0.3) is 0 Å². The van der Waals surface area contributed by atoms with Gasteiger partial charge in [-0.05, 0) is 0 Å². The first-order chi connectivity index (χ1) is 7.41. The van der Waals surface area contributed by atoms with Crippen molar-refractivity contribution in [3.05, 3.63) is 56.0 Å². The van der Waals surface area contributed by atoms with E-state index in [4.69, 9.17) is 0 Å². The van der Waals surface area contributed by atoms with Crippen molar-refractivity contribution in [2.45, 2.75) is 32.6 Å². The Kier molecular flexibility index (Phi) is 27.0. The summed E-state index contributed by atoms with van der Waals surface area (Å²) in [5, 5.41) is 9.53. The maximum absolute atomic E-state index is 9.53. The molecule has 2 rings (SSSR count). The van der Waals surface area contributed by atoms with Gasteiger partial charge in [-0.3, -0.25) is 12.2 Å². The third-order valence-corrected chi connectivity index (χ3v) is 1.67. The van der Waals surface area contributed by atoms with E-state index in [2.05, 4.69) is 24.3 Å². The Bertz CT molecular complexity index is 183. The van der Waals surface area contributed by atoms with E-state index in [0.29, 0.717) is 0 Å². The van der Waals surface area contributed by atoms with Gasteiger partial charge in [0.25, 0.3) is 0 Å². The molecule has 17 heavy (non-hydrogen) atoms. The first-order valence-electron chi connectivity index (χ1n) is 5.43. The monoisotopic (exact) mass is 266 g/mol. The summed E-state index contributed by atoms with van der Waals surface area (Å²) >= 11 is 0. The van der Waals surface area contributed by atoms with Crippen molar-refractivity contribution in [2.24, 2.45) is 0 Å². The molecule has 2 aliphatic rings. The molecule has 0 aromatic carbocycles. The van der Waals surface area contributed by atoms with Crippen LogP contribution in [-0.2, 0) is 21.7 Å². The van der Waals surface area contributed by atoms with Crippen LogP contribution in [0.1, 0.15) is 32.6 Å². The van der Waals surface area contributed by atoms with E-state index >= 15 is 0 Å². The molecule has 0 unspecified atom stereocenters. The first kappa shape index (κ1) is 21.9. The average molecular weight is 266 g/mol. The third kappa shape index (κ3) is 21.5. The summed E-state index contributed by atoms with van der Waals surface area (Å²) in [6, 6.07) is 0. The Labute approximate surface area is 122 Å². The number of allylic oxidation sites excluding steroid dienone is 8. The van der Waals surface area contributed by atoms with E-state index in [1.807, 2.05) is 31.2 Å². The summed E-state index contributed by atoms with van der Waals surface area (Å²) < 4.78 is 0. The largest absolute Gasteiger partial charge is 4.00 e. The maximum atomic E-state index is 9.53. The number of hydrogen-bond acceptors (Lipinski definition) is 1. The molecule has 0 aromatic heterocycles. The normalized spacial score (nSPS) is 12.8. The van der Waals surface area contributed by atoms with Crippen LogP contribution >= 0.6 is 0 Å². The maximum Gasteiger partial charge on any atom is 4.00 e. The number of unbranched alkanes of at least 4 members (excludes halogenated alkanes) is 1. The van der Waals surface area contributed by atoms with Crippen molar-refractivity contribution in [3.8, 4) is 0 Å². The van der Waals surface area contributed by atoms with E-state index in [-0.39, 0.29) is 35.8 Å². The molecule has 0 atom stereocenters. The molecule has 0 bridgehead atoms. The fourth-order valence-corrected chi connectivity index (χ4v) is 0.825. The quantitative estimate of drug-likeness (QED) is 0.556. The van der Waals surface area contributed by atoms with Crippen molar-refractivity contribution in [3.63, 3.8) is 0 Å². The predicted octanol–water partition coefficient (Wildman–Crippen LogP) is 3.21. The van der Waals surface area contributed by atoms with Gasteiger partial charge in [-0.2, -0.15) is 12.2 Å². The van der Waals surface area contributed by atoms with Gasteiger partial charge in [0.1, 0.15) is 0 Å². The Hall–Kier alpha value is -0.366. The summed E-state index contributed by atoms with van der Waals surface area (Å²) in [6.07, 6.45) is 21.9. The molecule has 0 N–H and O–H groups in total. The zero-order chi connectivity index (χ0) is 11.2. The molecule has 2 heteroatoms. The van der Waals surface area contributed by atoms with Crippen LogP contribution in [0.2, 0.25) is 0 Å². The predicted molar refractivity (Wildman–Crippen MR) is 69.3 cm³/mol. The molecular formula is C15H22OTi. The van der Waals surface area contributed by atoms with Crippen molar-refractivity contribution in [2.75, 3.05) is 6.61 Å². The van der Waals surface area contributed by atoms with Crippen LogP contribution in [0.15, 0.2) is 36.5 Å². The Morgan fingerprint density at radius 1 is 1.06 bits per heavy atom. The van der Waals surface area contributed by atoms with Crippen molar-refractivity contribution in [1.82, 2.24) is 0 Å². The zero-order valence-electron chi connectivity index (χ0n) is 10.9. The summed E-state index contributed by atoms with van der Waals surface area (Å²) in [6.45, 7) is 2.11. The molecule has 0 fully saturated rings. The van der Waals surface area contributed by atoms with Crippen LogP contribution in [-0.4, -0.2) is 6.61 Å². The molecule has 0 spiro atoms. The smallest absolute Gasteiger partial charge is 0.854 e. The molecule has 0 aromatic rings. The van der Waals surface area contributed by atoms with E-state index in [1.54, 1.807) is 0 Å². The third-order valence-electron chi connectivity index (χ3n) is 1.67. The Morgan fingerprint density at radius 2 is 1.53 bits per heavy atom. The minimum Gasteiger partial charge on any atom is -0.854 e. The van der Waals surface area contributed by atoms with Crippen LogP contribution in [0, 0.1) is 19.6 Å². The molecule has 0 heterocycles. The summed E-state index contributed by atoms with van der Waals surface area (Å²) in [5.41, 5.74) is 0. The molecule has 0 radical (unpaired) electrons. The van der Waals surface area contributed by atoms with Gasteiger partial charge in [0.15, 0.2) is 0 Å². The summed E-state index contributed by atoms with van der Waals surface area (Å²) in [7, 11) is 0. The van der Waals surface area contributed by atoms with E-state index in [0.717, 1.165) is 25.7 Å². The molecule has 2 aliphatic carbocycles. The Morgan fingerprint density at radius 3 is 1.59 bits per heavy atom. The first-order valence-corrected chi connectivity index (χ1v) is 5.43. The standard InChI is InChI=1S/2C5H5.C4H9O.CH3.Ti/c2*1-2-4-5-3-1;1-2-3-4-5;;/h2*1-3H,4H2;2-4H2,1H3;1H3;/q4*-1;+4. The van der Waals surface area contributed by atoms with Crippen LogP contribution in [0.4, 0.5) is 0 Å². The second kappa shape index (κ2) is 21.0. The van der Waals surface area contributed by atoms with Crippen LogP contribution in [0.3, 0.4) is 0 Å². The average Bonchev–Trinajstić information content (AvgIpc) is 2.99. The number of hydrogen-bond donors (Lipinski definition) is 0. The van der Waals surface area contributed by atoms with Gasteiger partial charge in [0.2, 0.25) is 0 Å². The van der Waals surface area contributed by atoms with Gasteiger partial charge >= 0.3 is 21.7 Å². The summed E-state index contributed by atoms with van der Waals surface area (Å²) in [4.78, 5) is 0. The molecule has 1 nitrogen and oxygen atoms in total. The second-order valence-electron chi connectivity index (χ2n) is 3.06. The fourth-order valence-electron chi connectivity index (χ4n) is 0.825. The zero-order valence-corrected chi connectivity index (χ0v) is 12.5. The van der Waals surface area contributed by atoms with Crippen LogP contribution < -0.4 is 5.11 Å². The molecule has 0 aliphatic heterocycles. The van der Waals surface area contributed by atoms with Crippen molar-refractivity contribution in [1.29, 1.82) is 0 Å². The van der Waals surface area contributed by atoms with Gasteiger partial charge < -0.3 is 12.5 Å². The molecule has 92 valence electrons. The molecule has 0 saturated heterocycles. The van der Waals surface area contributed by atoms with Gasteiger partial charge in [-0.25, -0.2) is 24.3 Å². The van der Waals surface area contributed by atoms with E-state index in [9.17, 15) is 5.11 Å². The summed E-state index contributed by atoms with van der Waals surface area (Å²) in [5.74, 6) is 0. The van der Waals surface area contributed by atoms with Gasteiger partial charge in [-0.15, -0.1) is 19.4 Å².